The summed E-state index contributed by atoms with van der Waals surface area (Å²) in [5.41, 5.74) is 0. The molecule has 0 aromatic carbocycles. The summed E-state index contributed by atoms with van der Waals surface area (Å²) in [5, 5.41) is 0. The molecule has 1 heterocycles. The van der Waals surface area contributed by atoms with Crippen LogP contribution in [-0.4, -0.2) is 23.7 Å². The molecule has 0 bridgehead atoms. The van der Waals surface area contributed by atoms with E-state index in [2.05, 4.69) is 4.74 Å². The lowest BCUT2D eigenvalue weighted by atomic mass is 10.0. The molecule has 0 amide bonds. The van der Waals surface area contributed by atoms with E-state index in [1.165, 1.54) is 0 Å². The maximum atomic E-state index is 13.4. The Morgan fingerprint density at radius 2 is 1.73 bits per heavy atom. The van der Waals surface area contributed by atoms with Crippen LogP contribution in [-0.2, 0) is 9.53 Å². The lowest BCUT2D eigenvalue weighted by molar-refractivity contribution is -0.337. The molecule has 0 aromatic heterocycles. The van der Waals surface area contributed by atoms with Gasteiger partial charge in [0.15, 0.2) is 0 Å². The van der Waals surface area contributed by atoms with Crippen LogP contribution in [0.5, 0.6) is 0 Å². The van der Waals surface area contributed by atoms with Crippen LogP contribution >= 0.6 is 0 Å². The van der Waals surface area contributed by atoms with E-state index >= 15 is 0 Å². The lowest BCUT2D eigenvalue weighted by Gasteiger charge is -2.16. The minimum atomic E-state index is -5.09. The molecular formula is C8H9F5O2. The van der Waals surface area contributed by atoms with Gasteiger partial charge in [-0.1, -0.05) is 13.3 Å². The monoisotopic (exact) mass is 232 g/mol. The second kappa shape index (κ2) is 3.40. The Morgan fingerprint density at radius 1 is 1.20 bits per heavy atom. The fourth-order valence-electron chi connectivity index (χ4n) is 1.25. The number of rotatable bonds is 3. The minimum absolute atomic E-state index is 0.00833. The molecule has 0 radical (unpaired) electrons. The van der Waals surface area contributed by atoms with Gasteiger partial charge >= 0.3 is 12.0 Å². The number of alkyl halides is 5. The molecule has 0 saturated carbocycles. The van der Waals surface area contributed by atoms with Crippen LogP contribution in [0.3, 0.4) is 0 Å². The molecule has 1 atom stereocenters. The average Bonchev–Trinajstić information content (AvgIpc) is 2.22. The first-order valence-electron chi connectivity index (χ1n) is 4.37. The summed E-state index contributed by atoms with van der Waals surface area (Å²) in [4.78, 5) is 10.7. The number of carbonyl (C=O) groups is 1. The van der Waals surface area contributed by atoms with Crippen LogP contribution in [0.1, 0.15) is 26.2 Å². The molecule has 0 N–H and O–H groups in total. The van der Waals surface area contributed by atoms with Gasteiger partial charge < -0.3 is 0 Å². The van der Waals surface area contributed by atoms with Gasteiger partial charge in [0, 0.05) is 6.42 Å². The molecule has 1 aliphatic rings. The van der Waals surface area contributed by atoms with Crippen molar-refractivity contribution in [1.82, 2.24) is 0 Å². The molecule has 0 spiro atoms. The Labute approximate surface area is 82.4 Å². The first kappa shape index (κ1) is 12.4. The van der Waals surface area contributed by atoms with Crippen LogP contribution in [0.2, 0.25) is 0 Å². The fourth-order valence-corrected chi connectivity index (χ4v) is 1.25. The Kier molecular flexibility index (Phi) is 2.80. The molecule has 88 valence electrons. The Morgan fingerprint density at radius 3 is 2.07 bits per heavy atom. The van der Waals surface area contributed by atoms with E-state index in [0.717, 1.165) is 0 Å². The molecule has 15 heavy (non-hydrogen) atoms. The van der Waals surface area contributed by atoms with Gasteiger partial charge in [-0.15, -0.1) is 0 Å². The molecule has 1 aliphatic heterocycles. The maximum absolute atomic E-state index is 13.4. The van der Waals surface area contributed by atoms with E-state index in [-0.39, 0.29) is 6.42 Å². The van der Waals surface area contributed by atoms with E-state index in [9.17, 15) is 26.7 Å². The van der Waals surface area contributed by atoms with Crippen molar-refractivity contribution < 1.29 is 31.5 Å². The number of Topliss-reactive ketones (excluding diaryl/α,β-unsaturated/α-hetero) is 1. The number of hydrogen-bond acceptors (Lipinski definition) is 2. The number of unbranched alkanes of at least 4 members (excludes halogenated alkanes) is 1. The van der Waals surface area contributed by atoms with E-state index in [4.69, 9.17) is 0 Å². The van der Waals surface area contributed by atoms with E-state index in [1.807, 2.05) is 0 Å². The molecule has 1 rings (SSSR count). The zero-order valence-corrected chi connectivity index (χ0v) is 7.83. The number of carbonyl (C=O) groups excluding carboxylic acids is 1. The van der Waals surface area contributed by atoms with Gasteiger partial charge in [0.25, 0.3) is 11.6 Å². The Bertz CT molecular complexity index is 278. The predicted octanol–water partition coefficient (Wildman–Crippen LogP) is 2.67. The average molecular weight is 232 g/mol. The molecular weight excluding hydrogens is 223 g/mol. The van der Waals surface area contributed by atoms with Gasteiger partial charge in [-0.25, -0.2) is 4.39 Å². The third-order valence-electron chi connectivity index (χ3n) is 2.13. The highest BCUT2D eigenvalue weighted by Crippen LogP contribution is 2.50. The molecule has 2 nitrogen and oxygen atoms in total. The molecule has 1 unspecified atom stereocenters. The summed E-state index contributed by atoms with van der Waals surface area (Å²) in [6, 6.07) is 0. The number of ketones is 1. The Hall–Kier alpha value is -0.720. The largest absolute Gasteiger partial charge is 0.430 e. The van der Waals surface area contributed by atoms with Crippen molar-refractivity contribution in [2.45, 2.75) is 44.1 Å². The number of hydrogen-bond donors (Lipinski definition) is 0. The van der Waals surface area contributed by atoms with Crippen molar-refractivity contribution in [2.75, 3.05) is 0 Å². The molecule has 1 fully saturated rings. The maximum Gasteiger partial charge on any atom is 0.430 e. The van der Waals surface area contributed by atoms with Gasteiger partial charge in [0.1, 0.15) is 0 Å². The summed E-state index contributed by atoms with van der Waals surface area (Å²) in [7, 11) is 0. The van der Waals surface area contributed by atoms with Crippen LogP contribution < -0.4 is 0 Å². The van der Waals surface area contributed by atoms with Crippen molar-refractivity contribution in [1.29, 1.82) is 0 Å². The SMILES string of the molecule is CCCCC1(F)OC(F)(F)C(F)(F)C1=O. The predicted molar refractivity (Wildman–Crippen MR) is 39.4 cm³/mol. The highest BCUT2D eigenvalue weighted by molar-refractivity contribution is 5.94. The normalized spacial score (nSPS) is 33.3. The van der Waals surface area contributed by atoms with Crippen molar-refractivity contribution in [3.63, 3.8) is 0 Å². The van der Waals surface area contributed by atoms with E-state index in [0.29, 0.717) is 6.42 Å². The third kappa shape index (κ3) is 1.73. The number of ether oxygens (including phenoxy) is 1. The zero-order valence-electron chi connectivity index (χ0n) is 7.83. The molecule has 1 saturated heterocycles. The van der Waals surface area contributed by atoms with E-state index in [1.54, 1.807) is 6.92 Å². The zero-order chi connectivity index (χ0) is 11.9. The van der Waals surface area contributed by atoms with Crippen LogP contribution in [0.4, 0.5) is 22.0 Å². The van der Waals surface area contributed by atoms with Gasteiger partial charge in [-0.2, -0.15) is 17.6 Å². The van der Waals surface area contributed by atoms with Crippen molar-refractivity contribution in [3.05, 3.63) is 0 Å². The van der Waals surface area contributed by atoms with Gasteiger partial charge in [0.05, 0.1) is 0 Å². The highest BCUT2D eigenvalue weighted by Gasteiger charge is 2.78. The third-order valence-corrected chi connectivity index (χ3v) is 2.13. The summed E-state index contributed by atoms with van der Waals surface area (Å²) < 4.78 is 66.7. The summed E-state index contributed by atoms with van der Waals surface area (Å²) in [6.07, 6.45) is -5.46. The quantitative estimate of drug-likeness (QED) is 0.699. The second-order valence-corrected chi connectivity index (χ2v) is 3.35. The molecule has 0 aromatic rings. The van der Waals surface area contributed by atoms with Crippen molar-refractivity contribution in [2.24, 2.45) is 0 Å². The highest BCUT2D eigenvalue weighted by atomic mass is 19.3. The first-order valence-corrected chi connectivity index (χ1v) is 4.37. The van der Waals surface area contributed by atoms with Crippen molar-refractivity contribution in [3.8, 4) is 0 Å². The fraction of sp³-hybridized carbons (Fsp3) is 0.875. The van der Waals surface area contributed by atoms with Crippen LogP contribution in [0.15, 0.2) is 0 Å². The topological polar surface area (TPSA) is 26.3 Å². The molecule has 0 aliphatic carbocycles. The molecule has 7 heteroatoms. The number of halogens is 5. The second-order valence-electron chi connectivity index (χ2n) is 3.35. The van der Waals surface area contributed by atoms with Gasteiger partial charge in [-0.3, -0.25) is 9.53 Å². The summed E-state index contributed by atoms with van der Waals surface area (Å²) in [6.45, 7) is 1.60. The first-order chi connectivity index (χ1) is 6.67. The minimum Gasteiger partial charge on any atom is -0.286 e. The Balaban J connectivity index is 2.93. The summed E-state index contributed by atoms with van der Waals surface area (Å²) in [5.74, 6) is -11.1. The van der Waals surface area contributed by atoms with Gasteiger partial charge in [-0.05, 0) is 6.42 Å². The van der Waals surface area contributed by atoms with E-state index < -0.39 is 30.1 Å². The standard InChI is InChI=1S/C8H9F5O2/c1-2-3-4-6(9)5(14)7(10,11)8(12,13)15-6/h2-4H2,1H3. The van der Waals surface area contributed by atoms with Gasteiger partial charge in [0.2, 0.25) is 0 Å². The summed E-state index contributed by atoms with van der Waals surface area (Å²) >= 11 is 0. The van der Waals surface area contributed by atoms with Crippen LogP contribution in [0, 0.1) is 0 Å². The van der Waals surface area contributed by atoms with Crippen molar-refractivity contribution >= 4 is 5.78 Å². The van der Waals surface area contributed by atoms with Crippen LogP contribution in [0.25, 0.3) is 0 Å². The lowest BCUT2D eigenvalue weighted by Crippen LogP contribution is -2.42. The smallest absolute Gasteiger partial charge is 0.286 e.